The number of nitrogens with one attached hydrogen (secondary N) is 1. The summed E-state index contributed by atoms with van der Waals surface area (Å²) >= 11 is 1.33. The molecule has 4 rings (SSSR count). The summed E-state index contributed by atoms with van der Waals surface area (Å²) in [4.78, 5) is 33.9. The van der Waals surface area contributed by atoms with Gasteiger partial charge in [0.25, 0.3) is 0 Å². The van der Waals surface area contributed by atoms with Gasteiger partial charge in [-0.25, -0.2) is 9.78 Å². The number of nitriles is 1. The zero-order valence-electron chi connectivity index (χ0n) is 18.4. The van der Waals surface area contributed by atoms with Gasteiger partial charge in [0.15, 0.2) is 0 Å². The van der Waals surface area contributed by atoms with Crippen LogP contribution in [0.2, 0.25) is 0 Å². The Morgan fingerprint density at radius 3 is 2.94 bits per heavy atom. The number of fused-ring (bicyclic) bond motifs is 1. The molecule has 0 saturated carbocycles. The highest BCUT2D eigenvalue weighted by molar-refractivity contribution is 7.16. The Labute approximate surface area is 196 Å². The van der Waals surface area contributed by atoms with Crippen molar-refractivity contribution in [3.05, 3.63) is 46.0 Å². The largest absolute Gasteiger partial charge is 0.450 e. The number of hydrogen-bond donors (Lipinski definition) is 1. The van der Waals surface area contributed by atoms with Crippen molar-refractivity contribution in [3.63, 3.8) is 0 Å². The number of ether oxygens (including phenoxy) is 2. The average Bonchev–Trinajstić information content (AvgIpc) is 3.19. The quantitative estimate of drug-likeness (QED) is 0.674. The molecule has 0 bridgehead atoms. The number of rotatable bonds is 5. The van der Waals surface area contributed by atoms with E-state index < -0.39 is 0 Å². The second kappa shape index (κ2) is 10.5. The smallest absolute Gasteiger partial charge is 0.410 e. The van der Waals surface area contributed by atoms with Crippen LogP contribution in [0.1, 0.15) is 28.5 Å². The molecule has 2 aliphatic heterocycles. The number of morpholine rings is 1. The Kier molecular flexibility index (Phi) is 7.22. The Balaban J connectivity index is 1.47. The molecule has 172 valence electrons. The van der Waals surface area contributed by atoms with Crippen LogP contribution in [-0.4, -0.2) is 61.3 Å². The van der Waals surface area contributed by atoms with E-state index in [1.807, 2.05) is 12.1 Å². The normalized spacial score (nSPS) is 15.8. The number of hydrogen-bond acceptors (Lipinski definition) is 8. The lowest BCUT2D eigenvalue weighted by atomic mass is 10.0. The highest BCUT2D eigenvalue weighted by Gasteiger charge is 2.28. The fourth-order valence-corrected chi connectivity index (χ4v) is 5.09. The van der Waals surface area contributed by atoms with Crippen LogP contribution in [0, 0.1) is 11.3 Å². The first-order valence-corrected chi connectivity index (χ1v) is 11.7. The molecule has 2 aromatic heterocycles. The maximum absolute atomic E-state index is 12.7. The molecule has 2 amide bonds. The van der Waals surface area contributed by atoms with Crippen molar-refractivity contribution >= 4 is 40.2 Å². The molecule has 1 saturated heterocycles. The van der Waals surface area contributed by atoms with Gasteiger partial charge in [-0.05, 0) is 37.1 Å². The van der Waals surface area contributed by atoms with Gasteiger partial charge < -0.3 is 24.6 Å². The molecule has 2 aromatic rings. The molecule has 0 atom stereocenters. The molecule has 1 N–H and O–H groups in total. The molecule has 0 unspecified atom stereocenters. The summed E-state index contributed by atoms with van der Waals surface area (Å²) in [5, 5.41) is 13.0. The van der Waals surface area contributed by atoms with Crippen LogP contribution < -0.4 is 10.2 Å². The number of anilines is 2. The van der Waals surface area contributed by atoms with Crippen LogP contribution in [0.15, 0.2) is 24.4 Å². The molecule has 0 aromatic carbocycles. The van der Waals surface area contributed by atoms with Gasteiger partial charge in [0.2, 0.25) is 5.91 Å². The Hall–Kier alpha value is -3.42. The van der Waals surface area contributed by atoms with Crippen LogP contribution in [0.5, 0.6) is 0 Å². The minimum atomic E-state index is -0.365. The molecule has 1 fully saturated rings. The van der Waals surface area contributed by atoms with Gasteiger partial charge in [0.05, 0.1) is 31.9 Å². The predicted octanol–water partition coefficient (Wildman–Crippen LogP) is 3.02. The lowest BCUT2D eigenvalue weighted by Crippen LogP contribution is -2.37. The monoisotopic (exact) mass is 467 g/mol. The molecule has 0 spiro atoms. The molecule has 9 nitrogen and oxygen atoms in total. The zero-order valence-corrected chi connectivity index (χ0v) is 19.2. The minimum Gasteiger partial charge on any atom is -0.450 e. The van der Waals surface area contributed by atoms with Gasteiger partial charge in [-0.2, -0.15) is 5.26 Å². The molecule has 2 aliphatic rings. The maximum Gasteiger partial charge on any atom is 0.410 e. The van der Waals surface area contributed by atoms with Gasteiger partial charge in [-0.15, -0.1) is 11.3 Å². The Bertz CT molecular complexity index is 1100. The van der Waals surface area contributed by atoms with E-state index in [0.29, 0.717) is 49.9 Å². The van der Waals surface area contributed by atoms with E-state index in [1.54, 1.807) is 24.1 Å². The number of amides is 2. The number of carbonyl (C=O) groups excluding carboxylic acids is 2. The fraction of sp³-hybridized carbons (Fsp3) is 0.391. The van der Waals surface area contributed by atoms with Crippen LogP contribution in [-0.2, 0) is 27.2 Å². The molecular weight excluding hydrogens is 442 g/mol. The number of nitrogens with zero attached hydrogens (tertiary/aromatic N) is 4. The fourth-order valence-electron chi connectivity index (χ4n) is 3.88. The van der Waals surface area contributed by atoms with Crippen molar-refractivity contribution < 1.29 is 19.1 Å². The van der Waals surface area contributed by atoms with Crippen LogP contribution in [0.3, 0.4) is 0 Å². The van der Waals surface area contributed by atoms with E-state index in [0.717, 1.165) is 34.9 Å². The number of aromatic nitrogens is 1. The van der Waals surface area contributed by atoms with E-state index in [1.165, 1.54) is 17.4 Å². The van der Waals surface area contributed by atoms with Crippen molar-refractivity contribution in [3.8, 4) is 6.07 Å². The lowest BCUT2D eigenvalue weighted by molar-refractivity contribution is -0.111. The third-order valence-electron chi connectivity index (χ3n) is 5.47. The molecular formula is C23H25N5O4S. The number of thiophene rings is 1. The third-order valence-corrected chi connectivity index (χ3v) is 6.61. The van der Waals surface area contributed by atoms with E-state index >= 15 is 0 Å². The molecule has 10 heteroatoms. The van der Waals surface area contributed by atoms with E-state index in [9.17, 15) is 14.9 Å². The highest BCUT2D eigenvalue weighted by atomic mass is 32.1. The summed E-state index contributed by atoms with van der Waals surface area (Å²) in [5.41, 5.74) is 2.20. The first-order valence-electron chi connectivity index (χ1n) is 10.8. The Morgan fingerprint density at radius 2 is 2.18 bits per heavy atom. The van der Waals surface area contributed by atoms with Crippen LogP contribution in [0.25, 0.3) is 6.08 Å². The summed E-state index contributed by atoms with van der Waals surface area (Å²) in [7, 11) is 0. The minimum absolute atomic E-state index is 0.313. The summed E-state index contributed by atoms with van der Waals surface area (Å²) in [6.07, 6.45) is 5.10. The zero-order chi connectivity index (χ0) is 23.2. The van der Waals surface area contributed by atoms with Crippen molar-refractivity contribution in [2.24, 2.45) is 0 Å². The number of pyridine rings is 1. The standard InChI is InChI=1S/C23H25N5O4S/c1-2-32-23(30)28-9-7-17-18(14-24)22(33-19(17)15-28)26-20(29)6-5-16-4-3-8-25-21(16)27-10-12-31-13-11-27/h3-6,8H,2,7,9-13,15H2,1H3,(H,26,29). The predicted molar refractivity (Wildman–Crippen MR) is 125 cm³/mol. The van der Waals surface area contributed by atoms with E-state index in [-0.39, 0.29) is 12.0 Å². The van der Waals surface area contributed by atoms with Gasteiger partial charge in [-0.1, -0.05) is 0 Å². The van der Waals surface area contributed by atoms with Crippen molar-refractivity contribution in [2.75, 3.05) is 49.7 Å². The first kappa shape index (κ1) is 22.8. The van der Waals surface area contributed by atoms with E-state index in [4.69, 9.17) is 9.47 Å². The topological polar surface area (TPSA) is 108 Å². The van der Waals surface area contributed by atoms with Gasteiger partial charge in [0.1, 0.15) is 16.9 Å². The maximum atomic E-state index is 12.7. The second-order valence-corrected chi connectivity index (χ2v) is 8.63. The Morgan fingerprint density at radius 1 is 1.36 bits per heavy atom. The van der Waals surface area contributed by atoms with E-state index in [2.05, 4.69) is 21.3 Å². The molecule has 33 heavy (non-hydrogen) atoms. The lowest BCUT2D eigenvalue weighted by Gasteiger charge is -2.28. The molecule has 4 heterocycles. The summed E-state index contributed by atoms with van der Waals surface area (Å²) in [6, 6.07) is 5.96. The van der Waals surface area contributed by atoms with Gasteiger partial charge >= 0.3 is 6.09 Å². The van der Waals surface area contributed by atoms with Gasteiger partial charge in [-0.3, -0.25) is 4.79 Å². The SMILES string of the molecule is CCOC(=O)N1CCc2c(sc(NC(=O)C=Cc3cccnc3N3CCOCC3)c2C#N)C1. The summed E-state index contributed by atoms with van der Waals surface area (Å²) < 4.78 is 10.5. The van der Waals surface area contributed by atoms with Crippen LogP contribution >= 0.6 is 11.3 Å². The van der Waals surface area contributed by atoms with Crippen molar-refractivity contribution in [2.45, 2.75) is 19.9 Å². The summed E-state index contributed by atoms with van der Waals surface area (Å²) in [5.74, 6) is 0.484. The number of carbonyl (C=O) groups is 2. The average molecular weight is 468 g/mol. The molecule has 0 aliphatic carbocycles. The van der Waals surface area contributed by atoms with Crippen molar-refractivity contribution in [1.29, 1.82) is 5.26 Å². The highest BCUT2D eigenvalue weighted by Crippen LogP contribution is 2.36. The summed E-state index contributed by atoms with van der Waals surface area (Å²) in [6.45, 7) is 5.73. The second-order valence-electron chi connectivity index (χ2n) is 7.53. The van der Waals surface area contributed by atoms with Crippen LogP contribution in [0.4, 0.5) is 15.6 Å². The third kappa shape index (κ3) is 5.16. The molecule has 0 radical (unpaired) electrons. The van der Waals surface area contributed by atoms with Crippen molar-refractivity contribution in [1.82, 2.24) is 9.88 Å². The first-order chi connectivity index (χ1) is 16.1. The van der Waals surface area contributed by atoms with Gasteiger partial charge in [0, 0.05) is 42.3 Å².